The van der Waals surface area contributed by atoms with Crippen LogP contribution in [0.2, 0.25) is 0 Å². The van der Waals surface area contributed by atoms with E-state index in [0.29, 0.717) is 5.69 Å². The number of anilines is 2. The third kappa shape index (κ3) is 2.14. The second kappa shape index (κ2) is 4.39. The Hall–Kier alpha value is -2.43. The summed E-state index contributed by atoms with van der Waals surface area (Å²) in [5.41, 5.74) is 1.14. The van der Waals surface area contributed by atoms with Gasteiger partial charge in [0.05, 0.1) is 11.9 Å². The summed E-state index contributed by atoms with van der Waals surface area (Å²) in [5.74, 6) is -1.11. The van der Waals surface area contributed by atoms with Crippen molar-refractivity contribution in [2.75, 3.05) is 5.32 Å². The summed E-state index contributed by atoms with van der Waals surface area (Å²) in [6.07, 6.45) is 1.44. The molecule has 2 N–H and O–H groups in total. The molecule has 2 aromatic rings. The van der Waals surface area contributed by atoms with Gasteiger partial charge in [-0.1, -0.05) is 18.2 Å². The summed E-state index contributed by atoms with van der Waals surface area (Å²) in [7, 11) is 0. The standard InChI is InChI=1S/C11H9N3O2/c15-11(16)10-9(6-7-12-14-10)13-8-4-2-1-3-5-8/h1-7H,(H,12,13)(H,15,16). The molecule has 0 aliphatic carbocycles. The van der Waals surface area contributed by atoms with E-state index < -0.39 is 5.97 Å². The van der Waals surface area contributed by atoms with Crippen LogP contribution in [0.4, 0.5) is 11.4 Å². The minimum Gasteiger partial charge on any atom is -0.476 e. The summed E-state index contributed by atoms with van der Waals surface area (Å²) in [6.45, 7) is 0. The highest BCUT2D eigenvalue weighted by atomic mass is 16.4. The van der Waals surface area contributed by atoms with Crippen molar-refractivity contribution in [1.29, 1.82) is 0 Å². The molecule has 0 aliphatic heterocycles. The molecule has 0 unspecified atom stereocenters. The first-order valence-electron chi connectivity index (χ1n) is 4.64. The molecule has 0 radical (unpaired) electrons. The molecule has 16 heavy (non-hydrogen) atoms. The number of hydrogen-bond acceptors (Lipinski definition) is 4. The van der Waals surface area contributed by atoms with Gasteiger partial charge in [0.15, 0.2) is 5.69 Å². The van der Waals surface area contributed by atoms with Gasteiger partial charge in [0.25, 0.3) is 0 Å². The molecule has 80 valence electrons. The molecule has 5 heteroatoms. The van der Waals surface area contributed by atoms with Crippen molar-refractivity contribution in [1.82, 2.24) is 10.2 Å². The first-order valence-corrected chi connectivity index (χ1v) is 4.64. The largest absolute Gasteiger partial charge is 0.476 e. The number of rotatable bonds is 3. The maximum Gasteiger partial charge on any atom is 0.358 e. The van der Waals surface area contributed by atoms with E-state index in [1.165, 1.54) is 6.20 Å². The maximum absolute atomic E-state index is 10.9. The summed E-state index contributed by atoms with van der Waals surface area (Å²) in [5, 5.41) is 19.0. The number of carbonyl (C=O) groups is 1. The quantitative estimate of drug-likeness (QED) is 0.818. The molecule has 1 aromatic carbocycles. The smallest absolute Gasteiger partial charge is 0.358 e. The molecule has 0 fully saturated rings. The predicted octanol–water partition coefficient (Wildman–Crippen LogP) is 1.92. The van der Waals surface area contributed by atoms with Crippen molar-refractivity contribution in [3.63, 3.8) is 0 Å². The van der Waals surface area contributed by atoms with Crippen LogP contribution in [-0.4, -0.2) is 21.3 Å². The first-order chi connectivity index (χ1) is 7.77. The minimum absolute atomic E-state index is 0.0913. The molecular weight excluding hydrogens is 206 g/mol. The fourth-order valence-electron chi connectivity index (χ4n) is 1.27. The average Bonchev–Trinajstić information content (AvgIpc) is 2.31. The normalized spacial score (nSPS) is 9.75. The summed E-state index contributed by atoms with van der Waals surface area (Å²) in [4.78, 5) is 10.9. The number of hydrogen-bond donors (Lipinski definition) is 2. The molecule has 1 heterocycles. The highest BCUT2D eigenvalue weighted by Crippen LogP contribution is 2.17. The fraction of sp³-hybridized carbons (Fsp3) is 0. The van der Waals surface area contributed by atoms with E-state index in [1.807, 2.05) is 30.3 Å². The van der Waals surface area contributed by atoms with Crippen LogP contribution in [0.5, 0.6) is 0 Å². The van der Waals surface area contributed by atoms with Gasteiger partial charge in [0.1, 0.15) is 0 Å². The lowest BCUT2D eigenvalue weighted by molar-refractivity contribution is 0.0690. The number of para-hydroxylation sites is 1. The molecule has 1 aromatic heterocycles. The van der Waals surface area contributed by atoms with E-state index in [4.69, 9.17) is 5.11 Å². The minimum atomic E-state index is -1.11. The van der Waals surface area contributed by atoms with Crippen molar-refractivity contribution in [2.24, 2.45) is 0 Å². The van der Waals surface area contributed by atoms with Gasteiger partial charge in [-0.3, -0.25) is 0 Å². The molecule has 0 saturated carbocycles. The second-order valence-electron chi connectivity index (χ2n) is 3.09. The summed E-state index contributed by atoms with van der Waals surface area (Å²) in [6, 6.07) is 10.9. The molecule has 0 amide bonds. The van der Waals surface area contributed by atoms with E-state index in [9.17, 15) is 4.79 Å². The van der Waals surface area contributed by atoms with E-state index in [0.717, 1.165) is 5.69 Å². The van der Waals surface area contributed by atoms with Crippen LogP contribution in [0.3, 0.4) is 0 Å². The maximum atomic E-state index is 10.9. The molecule has 0 aliphatic rings. The number of nitrogens with zero attached hydrogens (tertiary/aromatic N) is 2. The molecule has 0 bridgehead atoms. The third-order valence-corrected chi connectivity index (χ3v) is 1.98. The number of aromatic carboxylic acids is 1. The first kappa shape index (κ1) is 10.1. The van der Waals surface area contributed by atoms with Crippen molar-refractivity contribution in [2.45, 2.75) is 0 Å². The number of aromatic nitrogens is 2. The Morgan fingerprint density at radius 2 is 1.94 bits per heavy atom. The zero-order valence-corrected chi connectivity index (χ0v) is 8.29. The fourth-order valence-corrected chi connectivity index (χ4v) is 1.27. The van der Waals surface area contributed by atoms with Crippen LogP contribution in [0.1, 0.15) is 10.5 Å². The Morgan fingerprint density at radius 3 is 2.62 bits per heavy atom. The van der Waals surface area contributed by atoms with Gasteiger partial charge in [-0.15, -0.1) is 5.10 Å². The van der Waals surface area contributed by atoms with Gasteiger partial charge >= 0.3 is 5.97 Å². The Kier molecular flexibility index (Phi) is 2.77. The van der Waals surface area contributed by atoms with Crippen LogP contribution in [0.15, 0.2) is 42.6 Å². The van der Waals surface area contributed by atoms with Gasteiger partial charge < -0.3 is 10.4 Å². The van der Waals surface area contributed by atoms with E-state index in [1.54, 1.807) is 6.07 Å². The van der Waals surface area contributed by atoms with Crippen LogP contribution in [0, 0.1) is 0 Å². The highest BCUT2D eigenvalue weighted by Gasteiger charge is 2.11. The van der Waals surface area contributed by atoms with Crippen molar-refractivity contribution < 1.29 is 9.90 Å². The zero-order valence-electron chi connectivity index (χ0n) is 8.29. The van der Waals surface area contributed by atoms with Gasteiger partial charge in [0.2, 0.25) is 0 Å². The lowest BCUT2D eigenvalue weighted by Gasteiger charge is -2.07. The summed E-state index contributed by atoms with van der Waals surface area (Å²) < 4.78 is 0. The summed E-state index contributed by atoms with van der Waals surface area (Å²) >= 11 is 0. The SMILES string of the molecule is O=C(O)c1nnccc1Nc1ccccc1. The van der Waals surface area contributed by atoms with E-state index >= 15 is 0 Å². The zero-order chi connectivity index (χ0) is 11.4. The lowest BCUT2D eigenvalue weighted by atomic mass is 10.2. The van der Waals surface area contributed by atoms with E-state index in [2.05, 4.69) is 15.5 Å². The van der Waals surface area contributed by atoms with Gasteiger partial charge in [-0.25, -0.2) is 4.79 Å². The topological polar surface area (TPSA) is 75.1 Å². The van der Waals surface area contributed by atoms with Gasteiger partial charge in [0, 0.05) is 5.69 Å². The Balaban J connectivity index is 2.31. The highest BCUT2D eigenvalue weighted by molar-refractivity contribution is 5.92. The number of benzene rings is 1. The van der Waals surface area contributed by atoms with Crippen LogP contribution in [0.25, 0.3) is 0 Å². The molecular formula is C11H9N3O2. The van der Waals surface area contributed by atoms with Crippen LogP contribution >= 0.6 is 0 Å². The van der Waals surface area contributed by atoms with Crippen LogP contribution < -0.4 is 5.32 Å². The monoisotopic (exact) mass is 215 g/mol. The van der Waals surface area contributed by atoms with Gasteiger partial charge in [-0.2, -0.15) is 5.10 Å². The lowest BCUT2D eigenvalue weighted by Crippen LogP contribution is -2.06. The van der Waals surface area contributed by atoms with E-state index in [-0.39, 0.29) is 5.69 Å². The molecule has 0 saturated heterocycles. The molecule has 5 nitrogen and oxygen atoms in total. The van der Waals surface area contributed by atoms with Crippen molar-refractivity contribution >= 4 is 17.3 Å². The number of carboxylic acid groups (broad SMARTS) is 1. The third-order valence-electron chi connectivity index (χ3n) is 1.98. The average molecular weight is 215 g/mol. The van der Waals surface area contributed by atoms with Crippen LogP contribution in [-0.2, 0) is 0 Å². The Morgan fingerprint density at radius 1 is 1.19 bits per heavy atom. The van der Waals surface area contributed by atoms with Crippen molar-refractivity contribution in [3.05, 3.63) is 48.3 Å². The Labute approximate surface area is 91.8 Å². The second-order valence-corrected chi connectivity index (χ2v) is 3.09. The molecule has 0 atom stereocenters. The molecule has 2 rings (SSSR count). The molecule has 0 spiro atoms. The Bertz CT molecular complexity index is 500. The number of carboxylic acids is 1. The van der Waals surface area contributed by atoms with Crippen molar-refractivity contribution in [3.8, 4) is 0 Å². The number of nitrogens with one attached hydrogen (secondary N) is 1. The van der Waals surface area contributed by atoms with Gasteiger partial charge in [-0.05, 0) is 18.2 Å². The predicted molar refractivity (Wildman–Crippen MR) is 58.7 cm³/mol.